The Morgan fingerprint density at radius 3 is 2.56 bits per heavy atom. The Morgan fingerprint density at radius 1 is 1.04 bits per heavy atom. The molecule has 0 bridgehead atoms. The predicted octanol–water partition coefficient (Wildman–Crippen LogP) is 5.23. The third kappa shape index (κ3) is 6.98. The van der Waals surface area contributed by atoms with E-state index in [0.717, 1.165) is 54.5 Å². The Balaban J connectivity index is 1.54. The maximum Gasteiger partial charge on any atom is 0.294 e. The molecule has 0 atom stereocenters. The van der Waals surface area contributed by atoms with Crippen LogP contribution in [0.1, 0.15) is 56.2 Å². The number of amides is 1. The molecule has 1 amide bonds. The Hall–Kier alpha value is -3.98. The second-order valence-corrected chi connectivity index (χ2v) is 13.4. The van der Waals surface area contributed by atoms with Crippen LogP contribution < -0.4 is 19.7 Å². The van der Waals surface area contributed by atoms with E-state index in [-0.39, 0.29) is 29.2 Å². The number of allylic oxidation sites excluding steroid dienone is 1. The van der Waals surface area contributed by atoms with Crippen LogP contribution in [0.2, 0.25) is 0 Å². The highest BCUT2D eigenvalue weighted by Crippen LogP contribution is 2.37. The van der Waals surface area contributed by atoms with Crippen LogP contribution in [0.4, 0.5) is 11.4 Å². The van der Waals surface area contributed by atoms with Gasteiger partial charge in [-0.3, -0.25) is 23.9 Å². The molecule has 3 aromatic rings. The van der Waals surface area contributed by atoms with Crippen LogP contribution in [-0.2, 0) is 33.9 Å². The number of aromatic nitrogens is 1. The van der Waals surface area contributed by atoms with Gasteiger partial charge in [-0.2, -0.15) is 5.26 Å². The number of para-hydroxylation sites is 1. The van der Waals surface area contributed by atoms with Gasteiger partial charge in [-0.1, -0.05) is 74.4 Å². The molecule has 0 saturated carbocycles. The summed E-state index contributed by atoms with van der Waals surface area (Å²) < 4.78 is 7.11. The van der Waals surface area contributed by atoms with Crippen LogP contribution >= 0.6 is 35.3 Å². The Morgan fingerprint density at radius 2 is 1.82 bits per heavy atom. The Bertz CT molecular complexity index is 1890. The predicted molar refractivity (Wildman–Crippen MR) is 185 cm³/mol. The average molecular weight is 659 g/mol. The molecular formula is C34H34N4O4S3. The van der Waals surface area contributed by atoms with Crippen molar-refractivity contribution in [2.45, 2.75) is 59.1 Å². The number of carbonyl (C=O) groups is 2. The lowest BCUT2D eigenvalue weighted by Crippen LogP contribution is -2.34. The molecule has 0 unspecified atom stereocenters. The van der Waals surface area contributed by atoms with Gasteiger partial charge in [0.1, 0.15) is 13.9 Å². The summed E-state index contributed by atoms with van der Waals surface area (Å²) in [5, 5.41) is 10.1. The number of ether oxygens (including phenoxy) is 1. The zero-order valence-corrected chi connectivity index (χ0v) is 27.7. The van der Waals surface area contributed by atoms with E-state index in [1.165, 1.54) is 57.3 Å². The number of anilines is 2. The number of hydrogen-bond donors (Lipinski definition) is 0. The van der Waals surface area contributed by atoms with Crippen molar-refractivity contribution in [3.63, 3.8) is 0 Å². The van der Waals surface area contributed by atoms with Crippen molar-refractivity contribution < 1.29 is 14.3 Å². The smallest absolute Gasteiger partial charge is 0.294 e. The van der Waals surface area contributed by atoms with E-state index in [9.17, 15) is 19.6 Å². The van der Waals surface area contributed by atoms with Crippen LogP contribution in [0.5, 0.6) is 0 Å². The van der Waals surface area contributed by atoms with Crippen LogP contribution in [0, 0.1) is 11.3 Å². The minimum absolute atomic E-state index is 0.248. The molecule has 0 aliphatic carbocycles. The summed E-state index contributed by atoms with van der Waals surface area (Å²) in [6.45, 7) is 5.28. The van der Waals surface area contributed by atoms with Gasteiger partial charge in [0.15, 0.2) is 6.73 Å². The normalized spacial score (nSPS) is 16.4. The molecule has 0 spiro atoms. The average Bonchev–Trinajstić information content (AvgIpc) is 3.45. The van der Waals surface area contributed by atoms with Crippen LogP contribution in [0.15, 0.2) is 52.8 Å². The molecule has 1 fully saturated rings. The molecule has 1 aromatic heterocycles. The minimum Gasteiger partial charge on any atom is -0.446 e. The lowest BCUT2D eigenvalue weighted by molar-refractivity contribution is -0.132. The maximum absolute atomic E-state index is 13.4. The van der Waals surface area contributed by atoms with Crippen LogP contribution in [0.3, 0.4) is 0 Å². The quantitative estimate of drug-likeness (QED) is 0.120. The number of unbranched alkanes of at least 4 members (excludes halogenated alkanes) is 3. The first-order valence-electron chi connectivity index (χ1n) is 15.0. The molecule has 1 saturated heterocycles. The van der Waals surface area contributed by atoms with Gasteiger partial charge < -0.3 is 9.64 Å². The third-order valence-corrected chi connectivity index (χ3v) is 10.5. The number of aryl methyl sites for hydroxylation is 2. The van der Waals surface area contributed by atoms with E-state index >= 15 is 0 Å². The van der Waals surface area contributed by atoms with E-state index in [1.807, 2.05) is 13.0 Å². The molecule has 0 radical (unpaired) electrons. The number of nitriles is 1. The van der Waals surface area contributed by atoms with Crippen molar-refractivity contribution in [2.75, 3.05) is 18.0 Å². The first-order valence-corrected chi connectivity index (χ1v) is 17.1. The summed E-state index contributed by atoms with van der Waals surface area (Å²) in [5.41, 5.74) is 5.67. The van der Waals surface area contributed by atoms with Gasteiger partial charge in [-0.25, -0.2) is 0 Å². The number of benzene rings is 2. The number of thiazole rings is 1. The van der Waals surface area contributed by atoms with Crippen molar-refractivity contribution in [3.05, 3.63) is 84.3 Å². The highest BCUT2D eigenvalue weighted by atomic mass is 32.2. The molecule has 45 heavy (non-hydrogen) atoms. The molecule has 3 heterocycles. The second kappa shape index (κ2) is 14.9. The van der Waals surface area contributed by atoms with E-state index in [1.54, 1.807) is 6.08 Å². The van der Waals surface area contributed by atoms with Gasteiger partial charge >= 0.3 is 0 Å². The minimum atomic E-state index is -0.460. The maximum atomic E-state index is 13.4. The number of hydrogen-bond acceptors (Lipinski definition) is 9. The lowest BCUT2D eigenvalue weighted by atomic mass is 10.0. The standard InChI is InChI=1S/C34H34N4O4S3/c1-3-5-6-9-16-37-27-11-8-7-10-25(27)13-14-26-18-23(12-15-28(26)37)17-24(20-35)19-29-31(40)38(21-42-22-39)33(44-29)30-32(41)36(4-2)34(43)45-30/h7-8,10-12,15,17-19,22H,3-6,9,13-14,16,21H2,1-2H3/b24-17+,29-19-,33-30+. The number of rotatable bonds is 11. The van der Waals surface area contributed by atoms with Crippen LogP contribution in [0.25, 0.3) is 17.1 Å². The van der Waals surface area contributed by atoms with E-state index in [4.69, 9.17) is 17.0 Å². The lowest BCUT2D eigenvalue weighted by Gasteiger charge is -2.27. The van der Waals surface area contributed by atoms with Gasteiger partial charge in [-0.15, -0.1) is 11.3 Å². The largest absolute Gasteiger partial charge is 0.446 e. The Kier molecular flexibility index (Phi) is 10.7. The van der Waals surface area contributed by atoms with Crippen molar-refractivity contribution in [1.29, 1.82) is 5.26 Å². The first-order chi connectivity index (χ1) is 21.9. The highest BCUT2D eigenvalue weighted by Gasteiger charge is 2.33. The molecule has 2 aromatic carbocycles. The topological polar surface area (TPSA) is 95.6 Å². The number of fused-ring (bicyclic) bond motifs is 2. The molecule has 232 valence electrons. The SMILES string of the molecule is CCCCCCN1c2ccccc2CCc2cc(/C=C(C#N)\C=c3/s/c(=C4/SC(=S)N(CC)C4=O)n(COC=O)c3=O)ccc21. The van der Waals surface area contributed by atoms with Crippen molar-refractivity contribution in [2.24, 2.45) is 0 Å². The van der Waals surface area contributed by atoms with E-state index in [0.29, 0.717) is 20.4 Å². The summed E-state index contributed by atoms with van der Waals surface area (Å²) >= 11 is 7.53. The van der Waals surface area contributed by atoms with Crippen molar-refractivity contribution >= 4 is 80.4 Å². The van der Waals surface area contributed by atoms with Crippen LogP contribution in [-0.4, -0.2) is 39.3 Å². The fraction of sp³-hybridized carbons (Fsp3) is 0.324. The number of thiocarbonyl (C=S) groups is 1. The van der Waals surface area contributed by atoms with Gasteiger partial charge in [0.05, 0.1) is 16.2 Å². The third-order valence-electron chi connectivity index (χ3n) is 7.85. The van der Waals surface area contributed by atoms with Gasteiger partial charge in [0.25, 0.3) is 17.9 Å². The Labute approximate surface area is 275 Å². The van der Waals surface area contributed by atoms with Gasteiger partial charge in [0, 0.05) is 24.5 Å². The molecule has 11 heteroatoms. The van der Waals surface area contributed by atoms with Gasteiger partial charge in [0.2, 0.25) is 0 Å². The van der Waals surface area contributed by atoms with Crippen molar-refractivity contribution in [1.82, 2.24) is 9.47 Å². The zero-order valence-electron chi connectivity index (χ0n) is 25.3. The summed E-state index contributed by atoms with van der Waals surface area (Å²) in [5.74, 6) is -0.303. The zero-order chi connectivity index (χ0) is 31.9. The number of carbonyl (C=O) groups excluding carboxylic acids is 2. The summed E-state index contributed by atoms with van der Waals surface area (Å²) in [6, 6.07) is 17.1. The van der Waals surface area contributed by atoms with Gasteiger partial charge in [-0.05, 0) is 73.2 Å². The second-order valence-electron chi connectivity index (χ2n) is 10.7. The molecule has 8 nitrogen and oxygen atoms in total. The number of nitrogens with zero attached hydrogens (tertiary/aromatic N) is 4. The summed E-state index contributed by atoms with van der Waals surface area (Å²) in [4.78, 5) is 41.6. The van der Waals surface area contributed by atoms with Crippen molar-refractivity contribution in [3.8, 4) is 6.07 Å². The molecule has 5 rings (SSSR count). The molecular weight excluding hydrogens is 625 g/mol. The fourth-order valence-corrected chi connectivity index (χ4v) is 8.24. The first kappa shape index (κ1) is 32.4. The summed E-state index contributed by atoms with van der Waals surface area (Å²) in [6.07, 6.45) is 9.81. The number of thioether (sulfide) groups is 1. The molecule has 0 N–H and O–H groups in total. The highest BCUT2D eigenvalue weighted by molar-refractivity contribution is 8.30. The summed E-state index contributed by atoms with van der Waals surface area (Å²) in [7, 11) is 0. The van der Waals surface area contributed by atoms with E-state index < -0.39 is 5.56 Å². The fourth-order valence-electron chi connectivity index (χ4n) is 5.62. The molecule has 2 aliphatic rings. The van der Waals surface area contributed by atoms with E-state index in [2.05, 4.69) is 54.3 Å². The monoisotopic (exact) mass is 658 g/mol. The molecule has 2 aliphatic heterocycles.